The molecule has 0 spiro atoms. The van der Waals surface area contributed by atoms with Crippen molar-refractivity contribution in [2.45, 2.75) is 25.7 Å². The lowest BCUT2D eigenvalue weighted by molar-refractivity contribution is 0.660. The van der Waals surface area contributed by atoms with Crippen molar-refractivity contribution in [1.82, 2.24) is 0 Å². The Balaban J connectivity index is 2.03. The van der Waals surface area contributed by atoms with Crippen LogP contribution in [0.2, 0.25) is 0 Å². The van der Waals surface area contributed by atoms with Crippen molar-refractivity contribution in [1.29, 1.82) is 0 Å². The fourth-order valence-corrected chi connectivity index (χ4v) is 4.38. The number of hydrogen-bond acceptors (Lipinski definition) is 0. The molecule has 0 saturated heterocycles. The summed E-state index contributed by atoms with van der Waals surface area (Å²) in [5, 5.41) is 2.88. The summed E-state index contributed by atoms with van der Waals surface area (Å²) < 4.78 is 0. The molecule has 0 heteroatoms. The molecule has 0 heterocycles. The van der Waals surface area contributed by atoms with E-state index in [0.717, 1.165) is 6.42 Å². The standard InChI is InChI=1S/C22H18/c1-22(2)18-12-4-3-10-16(18)21-17-11-6-8-14-7-5-9-15(20(14)17)13-19(21)22/h3-6,8-13H,7H2,1-2H3. The normalized spacial score (nSPS) is 16.6. The fraction of sp³-hybridized carbons (Fsp3) is 0.182. The molecule has 0 unspecified atom stereocenters. The Morgan fingerprint density at radius 2 is 1.77 bits per heavy atom. The second-order valence-electron chi connectivity index (χ2n) is 7.01. The Hall–Kier alpha value is -2.34. The Labute approximate surface area is 131 Å². The molecule has 0 atom stereocenters. The van der Waals surface area contributed by atoms with Crippen molar-refractivity contribution in [3.05, 3.63) is 76.9 Å². The van der Waals surface area contributed by atoms with Crippen LogP contribution in [0.15, 0.2) is 54.6 Å². The largest absolute Gasteiger partial charge is 0.0795 e. The first-order chi connectivity index (χ1) is 10.7. The second kappa shape index (κ2) is 3.89. The van der Waals surface area contributed by atoms with Crippen LogP contribution in [0.3, 0.4) is 0 Å². The van der Waals surface area contributed by atoms with Crippen LogP contribution in [0.1, 0.15) is 36.1 Å². The van der Waals surface area contributed by atoms with Gasteiger partial charge >= 0.3 is 0 Å². The maximum absolute atomic E-state index is 2.43. The Kier molecular flexibility index (Phi) is 2.16. The average molecular weight is 282 g/mol. The van der Waals surface area contributed by atoms with Crippen molar-refractivity contribution >= 4 is 16.8 Å². The predicted molar refractivity (Wildman–Crippen MR) is 94.3 cm³/mol. The van der Waals surface area contributed by atoms with Gasteiger partial charge in [-0.3, -0.25) is 0 Å². The summed E-state index contributed by atoms with van der Waals surface area (Å²) in [6, 6.07) is 18.1. The second-order valence-corrected chi connectivity index (χ2v) is 7.01. The summed E-state index contributed by atoms with van der Waals surface area (Å²) in [4.78, 5) is 0. The average Bonchev–Trinajstić information content (AvgIpc) is 2.77. The molecule has 0 saturated carbocycles. The molecule has 0 fully saturated rings. The molecule has 3 aromatic carbocycles. The molecule has 106 valence electrons. The van der Waals surface area contributed by atoms with Crippen molar-refractivity contribution in [2.24, 2.45) is 0 Å². The number of allylic oxidation sites excluding steroid dienone is 1. The maximum atomic E-state index is 2.43. The molecule has 0 nitrogen and oxygen atoms in total. The van der Waals surface area contributed by atoms with Crippen LogP contribution < -0.4 is 0 Å². The zero-order chi connectivity index (χ0) is 14.9. The Morgan fingerprint density at radius 1 is 0.909 bits per heavy atom. The minimum Gasteiger partial charge on any atom is -0.0795 e. The number of fused-ring (bicyclic) bond motifs is 4. The summed E-state index contributed by atoms with van der Waals surface area (Å²) in [7, 11) is 0. The van der Waals surface area contributed by atoms with Gasteiger partial charge in [-0.2, -0.15) is 0 Å². The van der Waals surface area contributed by atoms with Crippen molar-refractivity contribution < 1.29 is 0 Å². The lowest BCUT2D eigenvalue weighted by Gasteiger charge is -2.23. The molecule has 0 amide bonds. The van der Waals surface area contributed by atoms with Gasteiger partial charge in [-0.25, -0.2) is 0 Å². The summed E-state index contributed by atoms with van der Waals surface area (Å²) in [5.74, 6) is 0. The van der Waals surface area contributed by atoms with E-state index in [9.17, 15) is 0 Å². The molecule has 0 aromatic heterocycles. The van der Waals surface area contributed by atoms with E-state index in [0.29, 0.717) is 0 Å². The topological polar surface area (TPSA) is 0 Å². The number of rotatable bonds is 0. The van der Waals surface area contributed by atoms with Crippen LogP contribution >= 0.6 is 0 Å². The first-order valence-corrected chi connectivity index (χ1v) is 8.03. The third kappa shape index (κ3) is 1.33. The third-order valence-corrected chi connectivity index (χ3v) is 5.46. The summed E-state index contributed by atoms with van der Waals surface area (Å²) in [5.41, 5.74) is 8.73. The van der Waals surface area contributed by atoms with E-state index in [4.69, 9.17) is 0 Å². The van der Waals surface area contributed by atoms with E-state index in [1.807, 2.05) is 0 Å². The molecule has 0 radical (unpaired) electrons. The lowest BCUT2D eigenvalue weighted by Crippen LogP contribution is -2.15. The number of benzene rings is 3. The predicted octanol–water partition coefficient (Wildman–Crippen LogP) is 5.72. The summed E-state index contributed by atoms with van der Waals surface area (Å²) >= 11 is 0. The molecule has 3 aromatic rings. The van der Waals surface area contributed by atoms with E-state index in [1.165, 1.54) is 44.2 Å². The van der Waals surface area contributed by atoms with E-state index in [2.05, 4.69) is 74.5 Å². The molecular formula is C22H18. The summed E-state index contributed by atoms with van der Waals surface area (Å²) in [6.07, 6.45) is 5.64. The van der Waals surface area contributed by atoms with Crippen LogP contribution in [0, 0.1) is 0 Å². The highest BCUT2D eigenvalue weighted by molar-refractivity contribution is 6.07. The quantitative estimate of drug-likeness (QED) is 0.495. The molecule has 5 rings (SSSR count). The molecule has 22 heavy (non-hydrogen) atoms. The van der Waals surface area contributed by atoms with Crippen molar-refractivity contribution in [3.63, 3.8) is 0 Å². The zero-order valence-corrected chi connectivity index (χ0v) is 13.0. The SMILES string of the molecule is CC1(C)c2ccccc2-c2c1cc1c3c(cccc23)CC=C1. The molecule has 2 aliphatic carbocycles. The minimum absolute atomic E-state index is 0.0813. The smallest absolute Gasteiger partial charge is 0.0159 e. The van der Waals surface area contributed by atoms with Gasteiger partial charge in [0.05, 0.1) is 0 Å². The lowest BCUT2D eigenvalue weighted by atomic mass is 9.80. The number of hydrogen-bond donors (Lipinski definition) is 0. The monoisotopic (exact) mass is 282 g/mol. The molecular weight excluding hydrogens is 264 g/mol. The van der Waals surface area contributed by atoms with Crippen LogP contribution in [0.4, 0.5) is 0 Å². The zero-order valence-electron chi connectivity index (χ0n) is 13.0. The van der Waals surface area contributed by atoms with Gasteiger partial charge in [0.2, 0.25) is 0 Å². The maximum Gasteiger partial charge on any atom is 0.0159 e. The molecule has 2 aliphatic rings. The first kappa shape index (κ1) is 12.2. The molecule has 0 N–H and O–H groups in total. The van der Waals surface area contributed by atoms with Gasteiger partial charge in [0.1, 0.15) is 0 Å². The third-order valence-electron chi connectivity index (χ3n) is 5.46. The van der Waals surface area contributed by atoms with Crippen LogP contribution in [-0.4, -0.2) is 0 Å². The van der Waals surface area contributed by atoms with Gasteiger partial charge in [-0.05, 0) is 56.6 Å². The van der Waals surface area contributed by atoms with Crippen LogP contribution in [0.5, 0.6) is 0 Å². The minimum atomic E-state index is 0.0813. The van der Waals surface area contributed by atoms with Crippen LogP contribution in [0.25, 0.3) is 28.0 Å². The molecule has 0 aliphatic heterocycles. The fourth-order valence-electron chi connectivity index (χ4n) is 4.38. The van der Waals surface area contributed by atoms with Gasteiger partial charge < -0.3 is 0 Å². The van der Waals surface area contributed by atoms with Crippen molar-refractivity contribution in [2.75, 3.05) is 0 Å². The Morgan fingerprint density at radius 3 is 2.68 bits per heavy atom. The van der Waals surface area contributed by atoms with Gasteiger partial charge in [-0.15, -0.1) is 0 Å². The van der Waals surface area contributed by atoms with E-state index in [-0.39, 0.29) is 5.41 Å². The van der Waals surface area contributed by atoms with Gasteiger partial charge in [-0.1, -0.05) is 68.5 Å². The van der Waals surface area contributed by atoms with Gasteiger partial charge in [0, 0.05) is 5.41 Å². The van der Waals surface area contributed by atoms with E-state index >= 15 is 0 Å². The highest BCUT2D eigenvalue weighted by Gasteiger charge is 2.36. The summed E-state index contributed by atoms with van der Waals surface area (Å²) in [6.45, 7) is 4.71. The van der Waals surface area contributed by atoms with Crippen molar-refractivity contribution in [3.8, 4) is 11.1 Å². The van der Waals surface area contributed by atoms with E-state index < -0.39 is 0 Å². The molecule has 0 bridgehead atoms. The van der Waals surface area contributed by atoms with Gasteiger partial charge in [0.25, 0.3) is 0 Å². The first-order valence-electron chi connectivity index (χ1n) is 8.03. The van der Waals surface area contributed by atoms with Gasteiger partial charge in [0.15, 0.2) is 0 Å². The van der Waals surface area contributed by atoms with Crippen LogP contribution in [-0.2, 0) is 11.8 Å². The Bertz CT molecular complexity index is 971. The highest BCUT2D eigenvalue weighted by Crippen LogP contribution is 2.52. The highest BCUT2D eigenvalue weighted by atomic mass is 14.4. The van der Waals surface area contributed by atoms with E-state index in [1.54, 1.807) is 0 Å².